The van der Waals surface area contributed by atoms with Gasteiger partial charge in [0.25, 0.3) is 5.56 Å². The molecule has 0 saturated carbocycles. The highest BCUT2D eigenvalue weighted by Gasteiger charge is 2.27. The fraction of sp³-hybridized carbons (Fsp3) is 0.267. The second-order valence-corrected chi connectivity index (χ2v) is 11.4. The number of carbonyl (C=O) groups excluding carboxylic acids is 1. The van der Waals surface area contributed by atoms with Crippen LogP contribution in [0.3, 0.4) is 0 Å². The number of hydrogen-bond acceptors (Lipinski definition) is 7. The van der Waals surface area contributed by atoms with Crippen LogP contribution >= 0.6 is 23.2 Å². The minimum absolute atomic E-state index is 0.0375. The van der Waals surface area contributed by atoms with Crippen molar-refractivity contribution < 1.29 is 18.3 Å². The highest BCUT2D eigenvalue weighted by molar-refractivity contribution is 6.31. The van der Waals surface area contributed by atoms with E-state index in [0.717, 1.165) is 0 Å². The number of ether oxygens (including phenoxy) is 1. The first-order chi connectivity index (χ1) is 21.6. The van der Waals surface area contributed by atoms with Gasteiger partial charge >= 0.3 is 6.55 Å². The zero-order valence-electron chi connectivity index (χ0n) is 24.0. The first-order valence-electron chi connectivity index (χ1n) is 14.0. The summed E-state index contributed by atoms with van der Waals surface area (Å²) in [7, 11) is 1.48. The van der Waals surface area contributed by atoms with E-state index in [1.807, 2.05) is 0 Å². The number of benzene rings is 1. The number of pyridine rings is 2. The lowest BCUT2D eigenvalue weighted by Crippen LogP contribution is -2.27. The summed E-state index contributed by atoms with van der Waals surface area (Å²) in [6.45, 7) is -1.19. The lowest BCUT2D eigenvalue weighted by atomic mass is 9.96. The minimum atomic E-state index is -2.95. The second-order valence-electron chi connectivity index (χ2n) is 10.6. The molecule has 2 bridgehead atoms. The zero-order valence-corrected chi connectivity index (χ0v) is 25.5. The van der Waals surface area contributed by atoms with Crippen LogP contribution in [0, 0.1) is 5.92 Å². The predicted molar refractivity (Wildman–Crippen MR) is 164 cm³/mol. The van der Waals surface area contributed by atoms with Gasteiger partial charge in [0.1, 0.15) is 5.75 Å². The molecule has 0 fully saturated rings. The van der Waals surface area contributed by atoms with Crippen molar-refractivity contribution in [2.75, 3.05) is 12.4 Å². The van der Waals surface area contributed by atoms with E-state index in [1.54, 1.807) is 43.5 Å². The van der Waals surface area contributed by atoms with Gasteiger partial charge in [0.2, 0.25) is 5.91 Å². The van der Waals surface area contributed by atoms with Crippen molar-refractivity contribution in [3.05, 3.63) is 87.4 Å². The normalized spacial score (nSPS) is 16.9. The molecule has 6 rings (SSSR count). The van der Waals surface area contributed by atoms with Crippen LogP contribution in [0.25, 0.3) is 28.1 Å². The average Bonchev–Trinajstić information content (AvgIpc) is 3.65. The topological polar surface area (TPSA) is 122 Å². The Morgan fingerprint density at radius 3 is 2.62 bits per heavy atom. The van der Waals surface area contributed by atoms with Crippen LogP contribution in [0.5, 0.6) is 5.75 Å². The van der Waals surface area contributed by atoms with Gasteiger partial charge in [0.05, 0.1) is 54.5 Å². The molecule has 1 amide bonds. The van der Waals surface area contributed by atoms with Gasteiger partial charge in [0, 0.05) is 39.9 Å². The van der Waals surface area contributed by atoms with Gasteiger partial charge < -0.3 is 14.6 Å². The quantitative estimate of drug-likeness (QED) is 0.232. The summed E-state index contributed by atoms with van der Waals surface area (Å²) in [5.74, 6) is -0.387. The molecule has 0 aliphatic carbocycles. The molecule has 0 saturated heterocycles. The van der Waals surface area contributed by atoms with Crippen molar-refractivity contribution in [1.82, 2.24) is 34.3 Å². The second kappa shape index (κ2) is 12.4. The maximum Gasteiger partial charge on any atom is 0.333 e. The van der Waals surface area contributed by atoms with E-state index in [2.05, 4.69) is 25.7 Å². The maximum atomic E-state index is 14.0. The van der Waals surface area contributed by atoms with Gasteiger partial charge in [-0.3, -0.25) is 14.6 Å². The predicted octanol–water partition coefficient (Wildman–Crippen LogP) is 6.41. The number of fused-ring (bicyclic) bond motifs is 4. The summed E-state index contributed by atoms with van der Waals surface area (Å²) in [4.78, 5) is 31.4. The van der Waals surface area contributed by atoms with Crippen molar-refractivity contribution in [3.63, 3.8) is 0 Å². The highest BCUT2D eigenvalue weighted by Crippen LogP contribution is 2.38. The van der Waals surface area contributed by atoms with Crippen molar-refractivity contribution >= 4 is 34.8 Å². The number of nitrogens with zero attached hydrogens (tertiary/aromatic N) is 7. The Balaban J connectivity index is 1.50. The molecule has 0 radical (unpaired) electrons. The number of carbonyl (C=O) groups is 1. The first-order valence-corrected chi connectivity index (χ1v) is 14.7. The largest absolute Gasteiger partial charge is 0.495 e. The van der Waals surface area contributed by atoms with Crippen LogP contribution < -0.4 is 15.6 Å². The van der Waals surface area contributed by atoms with E-state index in [9.17, 15) is 18.4 Å². The number of amides is 1. The molecule has 2 atom stereocenters. The third-order valence-electron chi connectivity index (χ3n) is 7.76. The molecule has 45 heavy (non-hydrogen) atoms. The number of aromatic nitrogens is 7. The van der Waals surface area contributed by atoms with Crippen LogP contribution in [0.15, 0.2) is 66.0 Å². The highest BCUT2D eigenvalue weighted by atomic mass is 35.5. The molecular weight excluding hydrogens is 629 g/mol. The lowest BCUT2D eigenvalue weighted by molar-refractivity contribution is -0.119. The Morgan fingerprint density at radius 1 is 1.07 bits per heavy atom. The Kier molecular flexibility index (Phi) is 8.38. The van der Waals surface area contributed by atoms with Crippen LogP contribution in [0.4, 0.5) is 14.5 Å². The standard InChI is InChI=1S/C30H26Cl2F2N8O3/c1-16-4-3-5-24(21-10-17(8-9-35-21)28-22(37-29(16)44)13-36-42(28)30(33)34)40-14-25(45-2)20(12-27(40)43)19-11-18(31)6-7-23(19)41-15-26(32)38-39-41/h6-16,24,30H,3-5H2,1-2H3,(H,37,44)/t16-,24+/m0/s1. The van der Waals surface area contributed by atoms with Crippen molar-refractivity contribution in [2.45, 2.75) is 38.8 Å². The Labute approximate surface area is 265 Å². The van der Waals surface area contributed by atoms with E-state index in [0.29, 0.717) is 62.8 Å². The van der Waals surface area contributed by atoms with Crippen molar-refractivity contribution in [2.24, 2.45) is 5.92 Å². The van der Waals surface area contributed by atoms with E-state index < -0.39 is 18.5 Å². The van der Waals surface area contributed by atoms with Crippen molar-refractivity contribution in [1.29, 1.82) is 0 Å². The van der Waals surface area contributed by atoms with Gasteiger partial charge in [-0.25, -0.2) is 9.36 Å². The molecule has 5 heterocycles. The van der Waals surface area contributed by atoms with E-state index in [4.69, 9.17) is 27.9 Å². The average molecular weight is 655 g/mol. The van der Waals surface area contributed by atoms with Crippen LogP contribution in [-0.4, -0.2) is 47.3 Å². The van der Waals surface area contributed by atoms with Crippen LogP contribution in [-0.2, 0) is 4.79 Å². The minimum Gasteiger partial charge on any atom is -0.495 e. The smallest absolute Gasteiger partial charge is 0.333 e. The molecule has 232 valence electrons. The Bertz CT molecular complexity index is 1960. The molecule has 11 nitrogen and oxygen atoms in total. The third-order valence-corrected chi connectivity index (χ3v) is 8.17. The summed E-state index contributed by atoms with van der Waals surface area (Å²) in [6.07, 6.45) is 7.29. The number of nitrogens with one attached hydrogen (secondary N) is 1. The zero-order chi connectivity index (χ0) is 31.8. The molecule has 0 unspecified atom stereocenters. The molecule has 5 aromatic rings. The Morgan fingerprint density at radius 2 is 1.89 bits per heavy atom. The molecule has 1 aromatic carbocycles. The van der Waals surface area contributed by atoms with Gasteiger partial charge in [-0.1, -0.05) is 41.8 Å². The summed E-state index contributed by atoms with van der Waals surface area (Å²) in [5.41, 5.74) is 2.22. The maximum absolute atomic E-state index is 14.0. The Hall–Kier alpha value is -4.62. The van der Waals surface area contributed by atoms with Crippen LogP contribution in [0.2, 0.25) is 10.2 Å². The lowest BCUT2D eigenvalue weighted by Gasteiger charge is -2.24. The monoisotopic (exact) mass is 654 g/mol. The molecule has 1 aliphatic rings. The van der Waals surface area contributed by atoms with Gasteiger partial charge in [-0.2, -0.15) is 13.9 Å². The molecule has 1 N–H and O–H groups in total. The van der Waals surface area contributed by atoms with Gasteiger partial charge in [-0.05, 0) is 43.2 Å². The summed E-state index contributed by atoms with van der Waals surface area (Å²) < 4.78 is 37.3. The fourth-order valence-electron chi connectivity index (χ4n) is 5.53. The van der Waals surface area contributed by atoms with E-state index in [1.165, 1.54) is 41.0 Å². The molecule has 0 spiro atoms. The molecule has 4 aromatic heterocycles. The van der Waals surface area contributed by atoms with Crippen LogP contribution in [0.1, 0.15) is 44.5 Å². The first kappa shape index (κ1) is 30.4. The molecule has 15 heteroatoms. The van der Waals surface area contributed by atoms with Crippen molar-refractivity contribution in [3.8, 4) is 33.8 Å². The number of hydrogen-bond donors (Lipinski definition) is 1. The summed E-state index contributed by atoms with van der Waals surface area (Å²) in [6, 6.07) is 9.11. The summed E-state index contributed by atoms with van der Waals surface area (Å²) in [5, 5.41) is 15.1. The molecular formula is C30H26Cl2F2N8O3. The fourth-order valence-corrected chi connectivity index (χ4v) is 5.83. The van der Waals surface area contributed by atoms with Gasteiger partial charge in [-0.15, -0.1) is 5.10 Å². The number of halogens is 4. The van der Waals surface area contributed by atoms with Gasteiger partial charge in [0.15, 0.2) is 5.15 Å². The third kappa shape index (κ3) is 5.92. The van der Waals surface area contributed by atoms with E-state index in [-0.39, 0.29) is 28.0 Å². The number of anilines is 1. The number of rotatable bonds is 5. The number of methoxy groups -OCH3 is 1. The summed E-state index contributed by atoms with van der Waals surface area (Å²) >= 11 is 12.4. The van der Waals surface area contributed by atoms with E-state index >= 15 is 0 Å². The SMILES string of the molecule is COc1cn([C@@H]2CCC[C@H](C)C(=O)Nc3cnn(C(F)F)c3-c3ccnc2c3)c(=O)cc1-c1cc(Cl)ccc1-n1cc(Cl)nn1. The molecule has 1 aliphatic heterocycles. The number of alkyl halides is 2.